The summed E-state index contributed by atoms with van der Waals surface area (Å²) in [6.07, 6.45) is 0. The Morgan fingerprint density at radius 2 is 0.762 bits per heavy atom. The Morgan fingerprint density at radius 3 is 1.43 bits per heavy atom. The number of nitrogens with zero attached hydrogens (tertiary/aromatic N) is 2. The zero-order valence-electron chi connectivity index (χ0n) is 34.2. The van der Waals surface area contributed by atoms with Crippen molar-refractivity contribution < 1.29 is 4.42 Å². The lowest BCUT2D eigenvalue weighted by molar-refractivity contribution is 0.670. The molecule has 10 aromatic carbocycles. The first-order valence-corrected chi connectivity index (χ1v) is 21.6. The van der Waals surface area contributed by atoms with E-state index in [1.54, 1.807) is 0 Å². The minimum atomic E-state index is 0.905. The smallest absolute Gasteiger partial charge is 0.143 e. The Kier molecular flexibility index (Phi) is 7.91. The molecule has 0 saturated carbocycles. The van der Waals surface area contributed by atoms with Crippen LogP contribution in [0.2, 0.25) is 0 Å². The number of hydrogen-bond donors (Lipinski definition) is 0. The van der Waals surface area contributed by atoms with E-state index in [1.807, 2.05) is 12.1 Å². The van der Waals surface area contributed by atoms with Crippen LogP contribution in [0.25, 0.3) is 105 Å². The van der Waals surface area contributed by atoms with Crippen LogP contribution in [0.3, 0.4) is 0 Å². The van der Waals surface area contributed by atoms with E-state index in [0.29, 0.717) is 0 Å². The molecule has 0 N–H and O–H groups in total. The molecule has 294 valence electrons. The van der Waals surface area contributed by atoms with E-state index in [-0.39, 0.29) is 0 Å². The first kappa shape index (κ1) is 35.4. The summed E-state index contributed by atoms with van der Waals surface area (Å²) < 4.78 is 8.89. The van der Waals surface area contributed by atoms with Crippen molar-refractivity contribution in [2.24, 2.45) is 0 Å². The van der Waals surface area contributed by atoms with Crippen molar-refractivity contribution >= 4 is 77.1 Å². The second-order valence-corrected chi connectivity index (χ2v) is 16.5. The van der Waals surface area contributed by atoms with Gasteiger partial charge in [0.1, 0.15) is 11.2 Å². The van der Waals surface area contributed by atoms with Crippen molar-refractivity contribution in [1.82, 2.24) is 4.40 Å². The molecule has 3 heteroatoms. The third-order valence-electron chi connectivity index (χ3n) is 13.0. The second kappa shape index (κ2) is 14.1. The molecule has 0 bridgehead atoms. The monoisotopic (exact) mass is 802 g/mol. The summed E-state index contributed by atoms with van der Waals surface area (Å²) in [4.78, 5) is 2.35. The molecule has 0 aliphatic rings. The highest BCUT2D eigenvalue weighted by Gasteiger charge is 2.19. The Hall–Kier alpha value is -8.40. The first-order chi connectivity index (χ1) is 31.2. The number of benzene rings is 10. The topological polar surface area (TPSA) is 20.8 Å². The zero-order chi connectivity index (χ0) is 41.4. The normalized spacial score (nSPS) is 11.8. The zero-order valence-corrected chi connectivity index (χ0v) is 34.2. The van der Waals surface area contributed by atoms with E-state index in [4.69, 9.17) is 4.42 Å². The lowest BCUT2D eigenvalue weighted by Crippen LogP contribution is -2.09. The van der Waals surface area contributed by atoms with Gasteiger partial charge in [0, 0.05) is 54.9 Å². The average molecular weight is 803 g/mol. The lowest BCUT2D eigenvalue weighted by Gasteiger charge is -2.26. The molecule has 0 amide bonds. The van der Waals surface area contributed by atoms with Crippen LogP contribution in [0.4, 0.5) is 17.1 Å². The van der Waals surface area contributed by atoms with Gasteiger partial charge in [-0.25, -0.2) is 0 Å². The van der Waals surface area contributed by atoms with Gasteiger partial charge in [-0.1, -0.05) is 176 Å². The highest BCUT2D eigenvalue weighted by atomic mass is 16.3. The van der Waals surface area contributed by atoms with Gasteiger partial charge in [-0.3, -0.25) is 0 Å². The van der Waals surface area contributed by atoms with Crippen molar-refractivity contribution in [2.45, 2.75) is 0 Å². The summed E-state index contributed by atoms with van der Waals surface area (Å²) in [5, 5.41) is 7.45. The Bertz CT molecular complexity index is 3800. The molecular formula is C60H38N2O. The van der Waals surface area contributed by atoms with Crippen LogP contribution in [0.15, 0.2) is 235 Å². The molecule has 13 aromatic rings. The molecule has 3 heterocycles. The first-order valence-electron chi connectivity index (χ1n) is 21.6. The third kappa shape index (κ3) is 5.67. The van der Waals surface area contributed by atoms with E-state index in [1.165, 1.54) is 71.5 Å². The number of fused-ring (bicyclic) bond motifs is 9. The van der Waals surface area contributed by atoms with Gasteiger partial charge in [-0.2, -0.15) is 0 Å². The van der Waals surface area contributed by atoms with Crippen LogP contribution in [0.1, 0.15) is 0 Å². The van der Waals surface area contributed by atoms with Crippen LogP contribution < -0.4 is 4.90 Å². The lowest BCUT2D eigenvalue weighted by atomic mass is 9.99. The molecule has 3 nitrogen and oxygen atoms in total. The van der Waals surface area contributed by atoms with Crippen molar-refractivity contribution in [3.8, 4) is 44.5 Å². The van der Waals surface area contributed by atoms with Gasteiger partial charge in [0.15, 0.2) is 0 Å². The minimum Gasteiger partial charge on any atom is -0.455 e. The summed E-state index contributed by atoms with van der Waals surface area (Å²) in [5.74, 6) is 0. The van der Waals surface area contributed by atoms with Crippen LogP contribution in [0.5, 0.6) is 0 Å². The van der Waals surface area contributed by atoms with Gasteiger partial charge in [-0.15, -0.1) is 0 Å². The number of anilines is 3. The fourth-order valence-electron chi connectivity index (χ4n) is 9.91. The molecule has 63 heavy (non-hydrogen) atoms. The molecule has 3 aromatic heterocycles. The standard InChI is InChI=1S/C60H38N2O/c1-2-10-39(11-3-1)40-20-22-41(23-21-40)42-24-31-46(32-25-42)61(48-35-28-44(29-36-48)49-14-8-17-55-52-13-5-7-19-58(52)63-60(49)55)47-33-26-43(27-34-47)45-30-37-51-54-16-9-15-53-50-12-4-6-18-56(50)62(59(53)54)57(51)38-45/h1-38H. The van der Waals surface area contributed by atoms with Crippen LogP contribution in [-0.2, 0) is 0 Å². The Labute approximate surface area is 364 Å². The van der Waals surface area contributed by atoms with Gasteiger partial charge in [0.05, 0.1) is 16.6 Å². The maximum atomic E-state index is 6.44. The SMILES string of the molecule is c1ccc(-c2ccc(-c3ccc(N(c4ccc(-c5ccc6c7cccc8c9ccccc9n(c6c5)c87)cc4)c4ccc(-c5cccc6c5oc5ccccc56)cc4)cc3)cc2)cc1. The van der Waals surface area contributed by atoms with Gasteiger partial charge in [0.2, 0.25) is 0 Å². The largest absolute Gasteiger partial charge is 0.455 e. The number of aromatic nitrogens is 1. The average Bonchev–Trinajstić information content (AvgIpc) is 4.03. The fourth-order valence-corrected chi connectivity index (χ4v) is 9.91. The molecule has 0 saturated heterocycles. The van der Waals surface area contributed by atoms with E-state index in [0.717, 1.165) is 50.1 Å². The van der Waals surface area contributed by atoms with Crippen molar-refractivity contribution in [2.75, 3.05) is 4.90 Å². The van der Waals surface area contributed by atoms with Crippen LogP contribution >= 0.6 is 0 Å². The summed E-state index contributed by atoms with van der Waals surface area (Å²) >= 11 is 0. The molecule has 0 aliphatic carbocycles. The molecule has 0 fully saturated rings. The maximum absolute atomic E-state index is 6.44. The minimum absolute atomic E-state index is 0.905. The maximum Gasteiger partial charge on any atom is 0.143 e. The molecule has 0 atom stereocenters. The third-order valence-corrected chi connectivity index (χ3v) is 13.0. The summed E-state index contributed by atoms with van der Waals surface area (Å²) in [5.41, 5.74) is 18.2. The Morgan fingerprint density at radius 1 is 0.302 bits per heavy atom. The highest BCUT2D eigenvalue weighted by molar-refractivity contribution is 6.23. The molecule has 0 aliphatic heterocycles. The van der Waals surface area contributed by atoms with E-state index in [2.05, 4.69) is 228 Å². The van der Waals surface area contributed by atoms with E-state index < -0.39 is 0 Å². The molecule has 0 radical (unpaired) electrons. The van der Waals surface area contributed by atoms with Gasteiger partial charge in [0.25, 0.3) is 0 Å². The van der Waals surface area contributed by atoms with Gasteiger partial charge >= 0.3 is 0 Å². The predicted molar refractivity (Wildman–Crippen MR) is 265 cm³/mol. The number of para-hydroxylation sites is 4. The van der Waals surface area contributed by atoms with Crippen LogP contribution in [-0.4, -0.2) is 4.40 Å². The van der Waals surface area contributed by atoms with E-state index >= 15 is 0 Å². The molecular weight excluding hydrogens is 765 g/mol. The van der Waals surface area contributed by atoms with Crippen molar-refractivity contribution in [3.05, 3.63) is 231 Å². The van der Waals surface area contributed by atoms with Crippen LogP contribution in [0, 0.1) is 0 Å². The summed E-state index contributed by atoms with van der Waals surface area (Å²) in [6.45, 7) is 0. The fraction of sp³-hybridized carbons (Fsp3) is 0. The van der Waals surface area contributed by atoms with Crippen molar-refractivity contribution in [3.63, 3.8) is 0 Å². The van der Waals surface area contributed by atoms with Gasteiger partial charge < -0.3 is 13.7 Å². The highest BCUT2D eigenvalue weighted by Crippen LogP contribution is 2.43. The number of rotatable bonds is 7. The van der Waals surface area contributed by atoms with E-state index in [9.17, 15) is 0 Å². The van der Waals surface area contributed by atoms with Gasteiger partial charge in [-0.05, 0) is 93.5 Å². The summed E-state index contributed by atoms with van der Waals surface area (Å²) in [6, 6.07) is 83.3. The Balaban J connectivity index is 0.885. The molecule has 0 spiro atoms. The number of furan rings is 1. The second-order valence-electron chi connectivity index (χ2n) is 16.5. The predicted octanol–water partition coefficient (Wildman–Crippen LogP) is 16.9. The number of hydrogen-bond acceptors (Lipinski definition) is 2. The molecule has 0 unspecified atom stereocenters. The molecule has 13 rings (SSSR count). The van der Waals surface area contributed by atoms with Crippen molar-refractivity contribution in [1.29, 1.82) is 0 Å². The summed E-state index contributed by atoms with van der Waals surface area (Å²) in [7, 11) is 0. The quantitative estimate of drug-likeness (QED) is 0.160.